The summed E-state index contributed by atoms with van der Waals surface area (Å²) in [6.45, 7) is 5.86. The standard InChI is InChI=1S/C26H25N3O3S2/c1-17-10-13-20(14-11-17)24-28-25(26(29-24)34(31,32)21-7-5-4-6-8-21)33-16-23(30)27-22-15-18(2)9-12-19(22)3/h4-15H,16H2,1-3H3,(H,27,30)(H,28,29). The number of anilines is 1. The molecular formula is C26H25N3O3S2. The maximum Gasteiger partial charge on any atom is 0.234 e. The number of aromatic amines is 1. The first-order chi connectivity index (χ1) is 16.2. The molecule has 8 heteroatoms. The molecule has 3 aromatic carbocycles. The van der Waals surface area contributed by atoms with Gasteiger partial charge in [-0.15, -0.1) is 0 Å². The monoisotopic (exact) mass is 491 g/mol. The van der Waals surface area contributed by atoms with Crippen LogP contribution in [0.4, 0.5) is 5.69 Å². The second-order valence-electron chi connectivity index (χ2n) is 8.06. The zero-order valence-corrected chi connectivity index (χ0v) is 20.8. The van der Waals surface area contributed by atoms with E-state index in [1.807, 2.05) is 63.2 Å². The third-order valence-corrected chi connectivity index (χ3v) is 8.12. The van der Waals surface area contributed by atoms with Gasteiger partial charge < -0.3 is 10.3 Å². The quantitative estimate of drug-likeness (QED) is 0.330. The molecule has 1 heterocycles. The van der Waals surface area contributed by atoms with E-state index in [4.69, 9.17) is 0 Å². The van der Waals surface area contributed by atoms with Crippen molar-refractivity contribution >= 4 is 33.2 Å². The summed E-state index contributed by atoms with van der Waals surface area (Å²) < 4.78 is 26.8. The van der Waals surface area contributed by atoms with Crippen LogP contribution in [0.1, 0.15) is 16.7 Å². The third-order valence-electron chi connectivity index (χ3n) is 5.29. The molecule has 0 aliphatic carbocycles. The Hall–Kier alpha value is -3.36. The molecule has 4 aromatic rings. The Morgan fingerprint density at radius 1 is 0.941 bits per heavy atom. The number of amides is 1. The molecular weight excluding hydrogens is 466 g/mol. The van der Waals surface area contributed by atoms with Crippen LogP contribution in [0.2, 0.25) is 0 Å². The molecule has 0 fully saturated rings. The molecule has 0 aliphatic rings. The predicted molar refractivity (Wildman–Crippen MR) is 136 cm³/mol. The van der Waals surface area contributed by atoms with Crippen LogP contribution >= 0.6 is 11.8 Å². The Morgan fingerprint density at radius 2 is 1.62 bits per heavy atom. The van der Waals surface area contributed by atoms with Gasteiger partial charge in [-0.1, -0.05) is 71.9 Å². The van der Waals surface area contributed by atoms with Crippen molar-refractivity contribution in [3.05, 3.63) is 89.5 Å². The number of carbonyl (C=O) groups is 1. The first-order valence-corrected chi connectivity index (χ1v) is 13.2. The number of rotatable bonds is 7. The van der Waals surface area contributed by atoms with E-state index in [0.717, 1.165) is 39.7 Å². The van der Waals surface area contributed by atoms with Gasteiger partial charge in [0.15, 0.2) is 5.03 Å². The predicted octanol–water partition coefficient (Wildman–Crippen LogP) is 5.57. The van der Waals surface area contributed by atoms with Gasteiger partial charge in [-0.2, -0.15) is 0 Å². The van der Waals surface area contributed by atoms with E-state index in [0.29, 0.717) is 5.82 Å². The lowest BCUT2D eigenvalue weighted by Crippen LogP contribution is -2.15. The first kappa shape index (κ1) is 23.8. The number of sulfone groups is 1. The van der Waals surface area contributed by atoms with Gasteiger partial charge in [-0.05, 0) is 50.1 Å². The molecule has 0 bridgehead atoms. The summed E-state index contributed by atoms with van der Waals surface area (Å²) in [5.74, 6) is 0.219. The van der Waals surface area contributed by atoms with E-state index >= 15 is 0 Å². The van der Waals surface area contributed by atoms with Gasteiger partial charge in [0, 0.05) is 11.3 Å². The molecule has 0 radical (unpaired) electrons. The van der Waals surface area contributed by atoms with Gasteiger partial charge in [0.05, 0.1) is 10.6 Å². The first-order valence-electron chi connectivity index (χ1n) is 10.7. The topological polar surface area (TPSA) is 91.9 Å². The summed E-state index contributed by atoms with van der Waals surface area (Å²) in [4.78, 5) is 20.4. The molecule has 0 spiro atoms. The van der Waals surface area contributed by atoms with Gasteiger partial charge in [0.1, 0.15) is 10.9 Å². The highest BCUT2D eigenvalue weighted by Gasteiger charge is 2.26. The number of aromatic nitrogens is 2. The average Bonchev–Trinajstić information content (AvgIpc) is 3.26. The van der Waals surface area contributed by atoms with Crippen LogP contribution in [0.5, 0.6) is 0 Å². The molecule has 1 aromatic heterocycles. The Labute approximate surface area is 203 Å². The zero-order chi connectivity index (χ0) is 24.3. The largest absolute Gasteiger partial charge is 0.328 e. The molecule has 0 atom stereocenters. The number of aryl methyl sites for hydroxylation is 3. The number of benzene rings is 3. The van der Waals surface area contributed by atoms with E-state index in [2.05, 4.69) is 15.3 Å². The Balaban J connectivity index is 1.64. The molecule has 0 unspecified atom stereocenters. The van der Waals surface area contributed by atoms with Gasteiger partial charge >= 0.3 is 0 Å². The van der Waals surface area contributed by atoms with Crippen LogP contribution < -0.4 is 5.32 Å². The number of carbonyl (C=O) groups excluding carboxylic acids is 1. The Morgan fingerprint density at radius 3 is 2.32 bits per heavy atom. The fraction of sp³-hybridized carbons (Fsp3) is 0.154. The summed E-state index contributed by atoms with van der Waals surface area (Å²) in [5.41, 5.74) is 4.59. The summed E-state index contributed by atoms with van der Waals surface area (Å²) in [5, 5.41) is 3.15. The summed E-state index contributed by atoms with van der Waals surface area (Å²) >= 11 is 1.09. The lowest BCUT2D eigenvalue weighted by molar-refractivity contribution is -0.113. The molecule has 0 aliphatic heterocycles. The van der Waals surface area contributed by atoms with Crippen LogP contribution in [-0.4, -0.2) is 30.0 Å². The molecule has 34 heavy (non-hydrogen) atoms. The Bertz CT molecular complexity index is 1430. The highest BCUT2D eigenvalue weighted by molar-refractivity contribution is 8.00. The number of imidazole rings is 1. The number of hydrogen-bond donors (Lipinski definition) is 2. The highest BCUT2D eigenvalue weighted by atomic mass is 32.2. The van der Waals surface area contributed by atoms with E-state index in [1.165, 1.54) is 0 Å². The van der Waals surface area contributed by atoms with Gasteiger partial charge in [-0.25, -0.2) is 13.4 Å². The van der Waals surface area contributed by atoms with E-state index < -0.39 is 9.84 Å². The van der Waals surface area contributed by atoms with Crippen LogP contribution in [0.3, 0.4) is 0 Å². The molecule has 1 amide bonds. The smallest absolute Gasteiger partial charge is 0.234 e. The van der Waals surface area contributed by atoms with Crippen molar-refractivity contribution in [2.45, 2.75) is 35.7 Å². The second kappa shape index (κ2) is 9.87. The van der Waals surface area contributed by atoms with Crippen molar-refractivity contribution in [3.8, 4) is 11.4 Å². The van der Waals surface area contributed by atoms with Crippen LogP contribution in [0, 0.1) is 20.8 Å². The fourth-order valence-corrected chi connectivity index (χ4v) is 5.82. The number of H-pyrrole nitrogens is 1. The van der Waals surface area contributed by atoms with Crippen molar-refractivity contribution < 1.29 is 13.2 Å². The second-order valence-corrected chi connectivity index (χ2v) is 10.9. The number of thioether (sulfide) groups is 1. The maximum absolute atomic E-state index is 13.4. The summed E-state index contributed by atoms with van der Waals surface area (Å²) in [7, 11) is -3.85. The zero-order valence-electron chi connectivity index (χ0n) is 19.1. The van der Waals surface area contributed by atoms with Crippen molar-refractivity contribution in [1.29, 1.82) is 0 Å². The molecule has 4 rings (SSSR count). The lowest BCUT2D eigenvalue weighted by atomic mass is 10.1. The number of nitrogens with zero attached hydrogens (tertiary/aromatic N) is 1. The Kier molecular flexibility index (Phi) is 6.90. The average molecular weight is 492 g/mol. The van der Waals surface area contributed by atoms with E-state index in [1.54, 1.807) is 30.3 Å². The number of hydrogen-bond acceptors (Lipinski definition) is 5. The normalized spacial score (nSPS) is 11.4. The van der Waals surface area contributed by atoms with Crippen molar-refractivity contribution in [3.63, 3.8) is 0 Å². The van der Waals surface area contributed by atoms with Crippen LogP contribution in [0.25, 0.3) is 11.4 Å². The summed E-state index contributed by atoms with van der Waals surface area (Å²) in [6, 6.07) is 21.7. The molecule has 0 saturated carbocycles. The molecule has 2 N–H and O–H groups in total. The maximum atomic E-state index is 13.4. The van der Waals surface area contributed by atoms with Gasteiger partial charge in [0.2, 0.25) is 15.7 Å². The number of nitrogens with one attached hydrogen (secondary N) is 2. The lowest BCUT2D eigenvalue weighted by Gasteiger charge is -2.09. The van der Waals surface area contributed by atoms with Crippen molar-refractivity contribution in [2.24, 2.45) is 0 Å². The molecule has 174 valence electrons. The van der Waals surface area contributed by atoms with E-state index in [9.17, 15) is 13.2 Å². The van der Waals surface area contributed by atoms with Crippen LogP contribution in [0.15, 0.2) is 87.7 Å². The minimum atomic E-state index is -3.85. The SMILES string of the molecule is Cc1ccc(-c2nc(SCC(=O)Nc3cc(C)ccc3C)c(S(=O)(=O)c3ccccc3)[nH]2)cc1. The summed E-state index contributed by atoms with van der Waals surface area (Å²) in [6.07, 6.45) is 0. The van der Waals surface area contributed by atoms with Gasteiger partial charge in [-0.3, -0.25) is 4.79 Å². The van der Waals surface area contributed by atoms with Crippen LogP contribution in [-0.2, 0) is 14.6 Å². The van der Waals surface area contributed by atoms with Gasteiger partial charge in [0.25, 0.3) is 0 Å². The third kappa shape index (κ3) is 5.24. The van der Waals surface area contributed by atoms with Crippen molar-refractivity contribution in [1.82, 2.24) is 9.97 Å². The minimum absolute atomic E-state index is 0.0150. The molecule has 0 saturated heterocycles. The van der Waals surface area contributed by atoms with E-state index in [-0.39, 0.29) is 26.6 Å². The minimum Gasteiger partial charge on any atom is -0.328 e. The van der Waals surface area contributed by atoms with Crippen molar-refractivity contribution in [2.75, 3.05) is 11.1 Å². The highest BCUT2D eigenvalue weighted by Crippen LogP contribution is 2.32. The molecule has 6 nitrogen and oxygen atoms in total. The fourth-order valence-electron chi connectivity index (χ4n) is 3.38.